The largest absolute Gasteiger partial charge is 0.0683 e. The highest BCUT2D eigenvalue weighted by atomic mass is 14.5. The summed E-state index contributed by atoms with van der Waals surface area (Å²) >= 11 is 0. The van der Waals surface area contributed by atoms with Crippen molar-refractivity contribution in [1.29, 1.82) is 0 Å². The van der Waals surface area contributed by atoms with E-state index < -0.39 is 0 Å². The molecular weight excluding hydrogens is 192 g/mol. The van der Waals surface area contributed by atoms with E-state index in [9.17, 15) is 0 Å². The number of hydrogen-bond acceptors (Lipinski definition) is 0. The van der Waals surface area contributed by atoms with Crippen LogP contribution < -0.4 is 0 Å². The third-order valence-electron chi connectivity index (χ3n) is 5.09. The second-order valence-corrected chi connectivity index (χ2v) is 6.27. The highest BCUT2D eigenvalue weighted by Crippen LogP contribution is 2.58. The van der Waals surface area contributed by atoms with Gasteiger partial charge in [-0.05, 0) is 55.8 Å². The summed E-state index contributed by atoms with van der Waals surface area (Å²) in [5.41, 5.74) is 1.57. The topological polar surface area (TPSA) is 0 Å². The average molecular weight is 224 g/mol. The van der Waals surface area contributed by atoms with Gasteiger partial charge in [-0.2, -0.15) is 0 Å². The van der Waals surface area contributed by atoms with E-state index in [1.807, 2.05) is 13.8 Å². The van der Waals surface area contributed by atoms with Crippen LogP contribution in [-0.2, 0) is 0 Å². The third kappa shape index (κ3) is 3.25. The van der Waals surface area contributed by atoms with Crippen LogP contribution in [-0.4, -0.2) is 0 Å². The molecule has 0 aromatic carbocycles. The van der Waals surface area contributed by atoms with E-state index >= 15 is 0 Å². The van der Waals surface area contributed by atoms with Crippen molar-refractivity contribution in [2.24, 2.45) is 10.8 Å². The highest BCUT2D eigenvalue weighted by molar-refractivity contribution is 4.97. The lowest BCUT2D eigenvalue weighted by molar-refractivity contribution is -0.00406. The van der Waals surface area contributed by atoms with Crippen molar-refractivity contribution in [2.75, 3.05) is 0 Å². The molecule has 0 N–H and O–H groups in total. The Morgan fingerprint density at radius 1 is 0.812 bits per heavy atom. The van der Waals surface area contributed by atoms with E-state index in [4.69, 9.17) is 0 Å². The van der Waals surface area contributed by atoms with Crippen LogP contribution in [0.1, 0.15) is 91.9 Å². The fourth-order valence-corrected chi connectivity index (χ4v) is 3.58. The highest BCUT2D eigenvalue weighted by Gasteiger charge is 2.45. The Balaban J connectivity index is 0.000000606. The van der Waals surface area contributed by atoms with Crippen LogP contribution in [0, 0.1) is 10.8 Å². The number of fused-ring (bicyclic) bond motifs is 3. The quantitative estimate of drug-likeness (QED) is 0.517. The molecule has 0 heteroatoms. The Bertz CT molecular complexity index is 168. The molecule has 0 aromatic rings. The van der Waals surface area contributed by atoms with Gasteiger partial charge in [0.15, 0.2) is 0 Å². The van der Waals surface area contributed by atoms with E-state index in [2.05, 4.69) is 13.8 Å². The second-order valence-electron chi connectivity index (χ2n) is 6.27. The van der Waals surface area contributed by atoms with Crippen molar-refractivity contribution in [2.45, 2.75) is 91.9 Å². The van der Waals surface area contributed by atoms with Crippen LogP contribution in [0.25, 0.3) is 0 Å². The first-order valence-corrected chi connectivity index (χ1v) is 7.68. The molecule has 0 heterocycles. The Labute approximate surface area is 103 Å². The van der Waals surface area contributed by atoms with Crippen LogP contribution in [0.3, 0.4) is 0 Å². The first-order chi connectivity index (χ1) is 7.68. The molecule has 0 spiro atoms. The Morgan fingerprint density at radius 2 is 1.31 bits per heavy atom. The summed E-state index contributed by atoms with van der Waals surface area (Å²) in [4.78, 5) is 0. The van der Waals surface area contributed by atoms with Gasteiger partial charge in [-0.15, -0.1) is 0 Å². The van der Waals surface area contributed by atoms with Crippen LogP contribution in [0.2, 0.25) is 0 Å². The van der Waals surface area contributed by atoms with Gasteiger partial charge >= 0.3 is 0 Å². The Morgan fingerprint density at radius 3 is 1.75 bits per heavy atom. The third-order valence-corrected chi connectivity index (χ3v) is 5.09. The fraction of sp³-hybridized carbons (Fsp3) is 1.00. The molecule has 0 amide bonds. The number of rotatable bonds is 4. The first kappa shape index (κ1) is 14.1. The molecule has 0 saturated heterocycles. The fourth-order valence-electron chi connectivity index (χ4n) is 3.58. The standard InChI is InChI=1S/C14H26.C2H6/c1-3-4-5-6-14-10-7-13(2,8-11-14)9-12-14;1-2/h3-12H2,1-2H3;1-2H3. The molecule has 0 unspecified atom stereocenters. The Kier molecular flexibility index (Phi) is 5.34. The molecule has 0 radical (unpaired) electrons. The molecule has 3 aliphatic carbocycles. The van der Waals surface area contributed by atoms with Gasteiger partial charge in [-0.3, -0.25) is 0 Å². The normalized spacial score (nSPS) is 36.8. The molecule has 0 nitrogen and oxygen atoms in total. The minimum Gasteiger partial charge on any atom is -0.0683 e. The predicted octanol–water partition coefficient (Wildman–Crippen LogP) is 5.95. The lowest BCUT2D eigenvalue weighted by atomic mass is 9.53. The predicted molar refractivity (Wildman–Crippen MR) is 73.7 cm³/mol. The van der Waals surface area contributed by atoms with Gasteiger partial charge in [0.1, 0.15) is 0 Å². The van der Waals surface area contributed by atoms with Gasteiger partial charge < -0.3 is 0 Å². The van der Waals surface area contributed by atoms with Gasteiger partial charge in [0.05, 0.1) is 0 Å². The molecular formula is C16H32. The van der Waals surface area contributed by atoms with Crippen molar-refractivity contribution >= 4 is 0 Å². The van der Waals surface area contributed by atoms with Gasteiger partial charge in [-0.25, -0.2) is 0 Å². The van der Waals surface area contributed by atoms with Crippen molar-refractivity contribution in [3.63, 3.8) is 0 Å². The molecule has 0 aromatic heterocycles. The summed E-state index contributed by atoms with van der Waals surface area (Å²) in [6, 6.07) is 0. The zero-order valence-electron chi connectivity index (χ0n) is 12.1. The van der Waals surface area contributed by atoms with Crippen molar-refractivity contribution in [3.8, 4) is 0 Å². The van der Waals surface area contributed by atoms with Crippen molar-refractivity contribution in [1.82, 2.24) is 0 Å². The smallest absolute Gasteiger partial charge is 0.0297 e. The summed E-state index contributed by atoms with van der Waals surface area (Å²) in [6.07, 6.45) is 15.1. The van der Waals surface area contributed by atoms with Crippen LogP contribution in [0.15, 0.2) is 0 Å². The molecule has 3 aliphatic rings. The summed E-state index contributed by atoms with van der Waals surface area (Å²) in [5, 5.41) is 0. The van der Waals surface area contributed by atoms with Crippen molar-refractivity contribution < 1.29 is 0 Å². The molecule has 16 heavy (non-hydrogen) atoms. The summed E-state index contributed by atoms with van der Waals surface area (Å²) in [7, 11) is 0. The molecule has 0 atom stereocenters. The zero-order valence-corrected chi connectivity index (χ0v) is 12.1. The monoisotopic (exact) mass is 224 g/mol. The number of hydrogen-bond donors (Lipinski definition) is 0. The average Bonchev–Trinajstić information content (AvgIpc) is 2.34. The molecule has 0 aliphatic heterocycles. The minimum absolute atomic E-state index is 0.756. The van der Waals surface area contributed by atoms with Crippen molar-refractivity contribution in [3.05, 3.63) is 0 Å². The molecule has 3 rings (SSSR count). The summed E-state index contributed by atoms with van der Waals surface area (Å²) in [6.45, 7) is 8.83. The van der Waals surface area contributed by atoms with Crippen LogP contribution >= 0.6 is 0 Å². The van der Waals surface area contributed by atoms with Crippen LogP contribution in [0.5, 0.6) is 0 Å². The molecule has 3 saturated carbocycles. The molecule has 96 valence electrons. The summed E-state index contributed by atoms with van der Waals surface area (Å²) in [5.74, 6) is 0. The van der Waals surface area contributed by atoms with Gasteiger partial charge in [0, 0.05) is 0 Å². The van der Waals surface area contributed by atoms with E-state index in [-0.39, 0.29) is 0 Å². The van der Waals surface area contributed by atoms with Crippen LogP contribution in [0.4, 0.5) is 0 Å². The van der Waals surface area contributed by atoms with Gasteiger partial charge in [0.2, 0.25) is 0 Å². The lowest BCUT2D eigenvalue weighted by Gasteiger charge is -2.52. The minimum atomic E-state index is 0.756. The lowest BCUT2D eigenvalue weighted by Crippen LogP contribution is -2.39. The maximum atomic E-state index is 2.52. The van der Waals surface area contributed by atoms with E-state index in [0.29, 0.717) is 0 Å². The summed E-state index contributed by atoms with van der Waals surface area (Å²) < 4.78 is 0. The molecule has 3 fully saturated rings. The van der Waals surface area contributed by atoms with E-state index in [0.717, 1.165) is 10.8 Å². The van der Waals surface area contributed by atoms with E-state index in [1.54, 1.807) is 19.3 Å². The maximum Gasteiger partial charge on any atom is -0.0297 e. The second kappa shape index (κ2) is 6.07. The first-order valence-electron chi connectivity index (χ1n) is 7.68. The zero-order chi connectivity index (χ0) is 12.1. The molecule has 2 bridgehead atoms. The Hall–Kier alpha value is 0. The maximum absolute atomic E-state index is 2.52. The van der Waals surface area contributed by atoms with Gasteiger partial charge in [0.25, 0.3) is 0 Å². The SMILES string of the molecule is CC.CCCCCC12CCC(C)(CC1)CC2. The van der Waals surface area contributed by atoms with Gasteiger partial charge in [-0.1, -0.05) is 47.0 Å². The number of unbranched alkanes of at least 4 members (excludes halogenated alkanes) is 2. The van der Waals surface area contributed by atoms with E-state index in [1.165, 1.54) is 44.9 Å².